The maximum atomic E-state index is 4.62. The van der Waals surface area contributed by atoms with Crippen molar-refractivity contribution in [1.29, 1.82) is 0 Å². The van der Waals surface area contributed by atoms with Gasteiger partial charge >= 0.3 is 0 Å². The van der Waals surface area contributed by atoms with E-state index in [1.165, 1.54) is 16.8 Å². The lowest BCUT2D eigenvalue weighted by Crippen LogP contribution is -2.07. The Bertz CT molecular complexity index is 1080. The van der Waals surface area contributed by atoms with Crippen molar-refractivity contribution >= 4 is 28.9 Å². The molecule has 0 atom stereocenters. The summed E-state index contributed by atoms with van der Waals surface area (Å²) in [6.45, 7) is 0. The quantitative estimate of drug-likeness (QED) is 0.484. The number of fused-ring (bicyclic) bond motifs is 1. The SMILES string of the molecule is CN(C)c1ccc(-c2ccc(/C=C/c3cnc4ccccc4n3)cc2)cc1. The Hall–Kier alpha value is -3.46. The molecule has 0 saturated heterocycles. The summed E-state index contributed by atoms with van der Waals surface area (Å²) < 4.78 is 0. The van der Waals surface area contributed by atoms with E-state index in [1.54, 1.807) is 6.20 Å². The number of hydrogen-bond donors (Lipinski definition) is 0. The first kappa shape index (κ1) is 17.0. The van der Waals surface area contributed by atoms with Crippen molar-refractivity contribution in [3.05, 3.63) is 90.3 Å². The van der Waals surface area contributed by atoms with Crippen LogP contribution in [0.4, 0.5) is 5.69 Å². The summed E-state index contributed by atoms with van der Waals surface area (Å²) in [6, 6.07) is 25.1. The molecule has 0 unspecified atom stereocenters. The normalized spacial score (nSPS) is 11.2. The zero-order valence-corrected chi connectivity index (χ0v) is 15.5. The number of hydrogen-bond acceptors (Lipinski definition) is 3. The van der Waals surface area contributed by atoms with Crippen molar-refractivity contribution in [3.63, 3.8) is 0 Å². The third-order valence-electron chi connectivity index (χ3n) is 4.54. The maximum absolute atomic E-state index is 4.62. The van der Waals surface area contributed by atoms with E-state index in [4.69, 9.17) is 0 Å². The Morgan fingerprint density at radius 3 is 2.00 bits per heavy atom. The molecule has 0 aliphatic carbocycles. The molecule has 4 aromatic rings. The van der Waals surface area contributed by atoms with E-state index in [1.807, 2.05) is 30.3 Å². The molecule has 0 saturated carbocycles. The highest BCUT2D eigenvalue weighted by molar-refractivity contribution is 5.77. The van der Waals surface area contributed by atoms with Crippen molar-refractivity contribution in [1.82, 2.24) is 9.97 Å². The van der Waals surface area contributed by atoms with Crippen molar-refractivity contribution in [3.8, 4) is 11.1 Å². The molecule has 0 aliphatic heterocycles. The molecule has 0 N–H and O–H groups in total. The van der Waals surface area contributed by atoms with Crippen molar-refractivity contribution in [2.45, 2.75) is 0 Å². The fourth-order valence-corrected chi connectivity index (χ4v) is 2.97. The molecule has 1 heterocycles. The van der Waals surface area contributed by atoms with Gasteiger partial charge in [-0.15, -0.1) is 0 Å². The minimum Gasteiger partial charge on any atom is -0.378 e. The van der Waals surface area contributed by atoms with Gasteiger partial charge in [0, 0.05) is 19.8 Å². The van der Waals surface area contributed by atoms with E-state index in [-0.39, 0.29) is 0 Å². The highest BCUT2D eigenvalue weighted by atomic mass is 15.1. The largest absolute Gasteiger partial charge is 0.378 e. The van der Waals surface area contributed by atoms with E-state index in [0.717, 1.165) is 22.3 Å². The average molecular weight is 351 g/mol. The molecule has 132 valence electrons. The third kappa shape index (κ3) is 3.87. The molecule has 3 heteroatoms. The second-order valence-corrected chi connectivity index (χ2v) is 6.68. The highest BCUT2D eigenvalue weighted by Crippen LogP contribution is 2.23. The lowest BCUT2D eigenvalue weighted by molar-refractivity contribution is 1.13. The molecule has 4 rings (SSSR count). The lowest BCUT2D eigenvalue weighted by atomic mass is 10.0. The third-order valence-corrected chi connectivity index (χ3v) is 4.54. The number of rotatable bonds is 4. The topological polar surface area (TPSA) is 29.0 Å². The van der Waals surface area contributed by atoms with Crippen LogP contribution in [0.2, 0.25) is 0 Å². The second kappa shape index (κ2) is 7.42. The van der Waals surface area contributed by atoms with Crippen LogP contribution in [0.1, 0.15) is 11.3 Å². The van der Waals surface area contributed by atoms with Gasteiger partial charge in [0.25, 0.3) is 0 Å². The second-order valence-electron chi connectivity index (χ2n) is 6.68. The average Bonchev–Trinajstić information content (AvgIpc) is 2.72. The Kier molecular flexibility index (Phi) is 4.67. The molecule has 0 amide bonds. The fourth-order valence-electron chi connectivity index (χ4n) is 2.97. The summed E-state index contributed by atoms with van der Waals surface area (Å²) in [5.74, 6) is 0. The van der Waals surface area contributed by atoms with Crippen LogP contribution in [0.5, 0.6) is 0 Å². The van der Waals surface area contributed by atoms with Gasteiger partial charge in [0.1, 0.15) is 0 Å². The zero-order valence-electron chi connectivity index (χ0n) is 15.5. The Morgan fingerprint density at radius 1 is 0.704 bits per heavy atom. The molecule has 27 heavy (non-hydrogen) atoms. The molecular weight excluding hydrogens is 330 g/mol. The molecule has 0 aliphatic rings. The maximum Gasteiger partial charge on any atom is 0.0894 e. The summed E-state index contributed by atoms with van der Waals surface area (Å²) in [5.41, 5.74) is 7.46. The van der Waals surface area contributed by atoms with E-state index in [2.05, 4.69) is 83.6 Å². The van der Waals surface area contributed by atoms with Gasteiger partial charge in [-0.1, -0.05) is 54.6 Å². The van der Waals surface area contributed by atoms with Gasteiger partial charge in [-0.2, -0.15) is 0 Å². The first-order valence-electron chi connectivity index (χ1n) is 8.97. The molecular formula is C24H21N3. The standard InChI is InChI=1S/C24H21N3/c1-27(2)22-15-12-20(13-16-22)19-10-7-18(8-11-19)9-14-21-17-25-23-5-3-4-6-24(23)26-21/h3-17H,1-2H3/b14-9+. The summed E-state index contributed by atoms with van der Waals surface area (Å²) in [5, 5.41) is 0. The van der Waals surface area contributed by atoms with Crippen LogP contribution in [-0.2, 0) is 0 Å². The lowest BCUT2D eigenvalue weighted by Gasteiger charge is -2.12. The van der Waals surface area contributed by atoms with Crippen LogP contribution >= 0.6 is 0 Å². The van der Waals surface area contributed by atoms with Gasteiger partial charge < -0.3 is 4.90 Å². The Morgan fingerprint density at radius 2 is 1.33 bits per heavy atom. The number of nitrogens with zero attached hydrogens (tertiary/aromatic N) is 3. The molecule has 1 aromatic heterocycles. The van der Waals surface area contributed by atoms with Crippen LogP contribution in [0.15, 0.2) is 79.0 Å². The zero-order chi connectivity index (χ0) is 18.6. The summed E-state index contributed by atoms with van der Waals surface area (Å²) in [4.78, 5) is 11.2. The van der Waals surface area contributed by atoms with Crippen LogP contribution in [-0.4, -0.2) is 24.1 Å². The minimum atomic E-state index is 0.858. The van der Waals surface area contributed by atoms with Gasteiger partial charge in [0.05, 0.1) is 22.9 Å². The number of aromatic nitrogens is 2. The van der Waals surface area contributed by atoms with Gasteiger partial charge in [-0.05, 0) is 47.0 Å². The Labute approximate surface area is 159 Å². The minimum absolute atomic E-state index is 0.858. The molecule has 3 aromatic carbocycles. The highest BCUT2D eigenvalue weighted by Gasteiger charge is 2.00. The predicted molar refractivity (Wildman–Crippen MR) is 115 cm³/mol. The number of para-hydroxylation sites is 2. The first-order valence-corrected chi connectivity index (χ1v) is 8.97. The van der Waals surface area contributed by atoms with E-state index in [9.17, 15) is 0 Å². The molecule has 0 spiro atoms. The molecule has 0 radical (unpaired) electrons. The van der Waals surface area contributed by atoms with Crippen LogP contribution in [0.3, 0.4) is 0 Å². The molecule has 3 nitrogen and oxygen atoms in total. The monoisotopic (exact) mass is 351 g/mol. The van der Waals surface area contributed by atoms with Crippen molar-refractivity contribution < 1.29 is 0 Å². The van der Waals surface area contributed by atoms with E-state index < -0.39 is 0 Å². The van der Waals surface area contributed by atoms with Gasteiger partial charge in [0.15, 0.2) is 0 Å². The fraction of sp³-hybridized carbons (Fsp3) is 0.0833. The molecule has 0 bridgehead atoms. The predicted octanol–water partition coefficient (Wildman–Crippen LogP) is 5.53. The summed E-state index contributed by atoms with van der Waals surface area (Å²) in [6.07, 6.45) is 5.87. The van der Waals surface area contributed by atoms with E-state index in [0.29, 0.717) is 0 Å². The molecule has 0 fully saturated rings. The first-order chi connectivity index (χ1) is 13.2. The Balaban J connectivity index is 1.52. The summed E-state index contributed by atoms with van der Waals surface area (Å²) >= 11 is 0. The van der Waals surface area contributed by atoms with Crippen LogP contribution in [0.25, 0.3) is 34.3 Å². The van der Waals surface area contributed by atoms with E-state index >= 15 is 0 Å². The number of benzene rings is 3. The van der Waals surface area contributed by atoms with Crippen LogP contribution in [0, 0.1) is 0 Å². The van der Waals surface area contributed by atoms with Crippen LogP contribution < -0.4 is 4.90 Å². The smallest absolute Gasteiger partial charge is 0.0894 e. The van der Waals surface area contributed by atoms with Gasteiger partial charge in [-0.3, -0.25) is 4.98 Å². The summed E-state index contributed by atoms with van der Waals surface area (Å²) in [7, 11) is 4.10. The van der Waals surface area contributed by atoms with Crippen molar-refractivity contribution in [2.24, 2.45) is 0 Å². The van der Waals surface area contributed by atoms with Crippen molar-refractivity contribution in [2.75, 3.05) is 19.0 Å². The number of anilines is 1. The van der Waals surface area contributed by atoms with Gasteiger partial charge in [-0.25, -0.2) is 4.98 Å². The van der Waals surface area contributed by atoms with Gasteiger partial charge in [0.2, 0.25) is 0 Å².